The lowest BCUT2D eigenvalue weighted by Crippen LogP contribution is -2.11. The van der Waals surface area contributed by atoms with Crippen molar-refractivity contribution >= 4 is 23.2 Å². The molecular weight excluding hydrogens is 407 g/mol. The Bertz CT molecular complexity index is 758. The molecule has 0 aliphatic heterocycles. The van der Waals surface area contributed by atoms with E-state index in [9.17, 15) is 0 Å². The molecule has 2 aromatic rings. The molecule has 0 heterocycles. The second-order valence-corrected chi connectivity index (χ2v) is 9.61. The predicted octanol–water partition coefficient (Wildman–Crippen LogP) is 9.41. The Hall–Kier alpha value is -1.50. The molecular formula is C28H32Cl2. The van der Waals surface area contributed by atoms with E-state index in [4.69, 9.17) is 23.2 Å². The zero-order valence-electron chi connectivity index (χ0n) is 17.7. The maximum atomic E-state index is 5.75. The minimum atomic E-state index is 0.670. The first kappa shape index (κ1) is 21.7. The maximum Gasteiger partial charge on any atom is 0.000525 e. The van der Waals surface area contributed by atoms with Crippen molar-refractivity contribution in [3.05, 3.63) is 82.9 Å². The highest BCUT2D eigenvalue weighted by Gasteiger charge is 2.22. The second kappa shape index (κ2) is 10.7. The van der Waals surface area contributed by atoms with Crippen LogP contribution >= 0.6 is 23.2 Å². The van der Waals surface area contributed by atoms with Gasteiger partial charge in [0.1, 0.15) is 0 Å². The molecule has 0 radical (unpaired) electrons. The van der Waals surface area contributed by atoms with Gasteiger partial charge in [0.25, 0.3) is 0 Å². The quantitative estimate of drug-likeness (QED) is 0.435. The SMILES string of the molecule is ClC=CC1CCC(c2ccc(-c3ccc(C4CCC(C=CCl)CC4)cc3)cc2)CC1. The van der Waals surface area contributed by atoms with Gasteiger partial charge in [-0.1, -0.05) is 83.9 Å². The van der Waals surface area contributed by atoms with Crippen molar-refractivity contribution in [2.75, 3.05) is 0 Å². The van der Waals surface area contributed by atoms with E-state index >= 15 is 0 Å². The Morgan fingerprint density at radius 2 is 0.833 bits per heavy atom. The first-order chi connectivity index (χ1) is 14.8. The summed E-state index contributed by atoms with van der Waals surface area (Å²) in [6.45, 7) is 0. The molecule has 2 aliphatic rings. The summed E-state index contributed by atoms with van der Waals surface area (Å²) in [5, 5.41) is 0. The summed E-state index contributed by atoms with van der Waals surface area (Å²) in [6, 6.07) is 18.6. The van der Waals surface area contributed by atoms with Gasteiger partial charge in [-0.05, 0) is 97.3 Å². The highest BCUT2D eigenvalue weighted by molar-refractivity contribution is 6.25. The van der Waals surface area contributed by atoms with E-state index in [0.717, 1.165) is 0 Å². The lowest BCUT2D eigenvalue weighted by molar-refractivity contribution is 0.376. The minimum absolute atomic E-state index is 0.670. The highest BCUT2D eigenvalue weighted by Crippen LogP contribution is 2.38. The van der Waals surface area contributed by atoms with Crippen LogP contribution in [0.15, 0.2) is 71.8 Å². The topological polar surface area (TPSA) is 0 Å². The largest absolute Gasteiger partial charge is 0.0933 e. The first-order valence-corrected chi connectivity index (χ1v) is 12.4. The number of benzene rings is 2. The molecule has 0 saturated heterocycles. The van der Waals surface area contributed by atoms with Crippen molar-refractivity contribution in [3.8, 4) is 11.1 Å². The number of halogens is 2. The molecule has 2 fully saturated rings. The molecule has 0 N–H and O–H groups in total. The summed E-state index contributed by atoms with van der Waals surface area (Å²) >= 11 is 11.5. The van der Waals surface area contributed by atoms with Crippen molar-refractivity contribution < 1.29 is 0 Å². The number of rotatable bonds is 5. The first-order valence-electron chi connectivity index (χ1n) is 11.5. The summed E-state index contributed by atoms with van der Waals surface area (Å²) in [5.41, 5.74) is 9.00. The number of hydrogen-bond acceptors (Lipinski definition) is 0. The molecule has 0 atom stereocenters. The third-order valence-electron chi connectivity index (χ3n) is 7.33. The second-order valence-electron chi connectivity index (χ2n) is 9.10. The van der Waals surface area contributed by atoms with Gasteiger partial charge in [0.15, 0.2) is 0 Å². The molecule has 30 heavy (non-hydrogen) atoms. The van der Waals surface area contributed by atoms with Gasteiger partial charge in [-0.3, -0.25) is 0 Å². The summed E-state index contributed by atoms with van der Waals surface area (Å²) in [7, 11) is 0. The van der Waals surface area contributed by atoms with Crippen molar-refractivity contribution in [3.63, 3.8) is 0 Å². The zero-order valence-corrected chi connectivity index (χ0v) is 19.2. The minimum Gasteiger partial charge on any atom is -0.0933 e. The number of hydrogen-bond donors (Lipinski definition) is 0. The Morgan fingerprint density at radius 1 is 0.500 bits per heavy atom. The highest BCUT2D eigenvalue weighted by atomic mass is 35.5. The fourth-order valence-corrected chi connectivity index (χ4v) is 5.80. The van der Waals surface area contributed by atoms with Gasteiger partial charge in [0, 0.05) is 11.1 Å². The van der Waals surface area contributed by atoms with E-state index < -0.39 is 0 Å². The third-order valence-corrected chi connectivity index (χ3v) is 7.62. The monoisotopic (exact) mass is 438 g/mol. The standard InChI is InChI=1S/C28H32Cl2/c29-19-17-21-1-5-23(6-2-21)25-9-13-27(14-10-25)28-15-11-26(12-16-28)24-7-3-22(4-8-24)18-20-30/h9-24H,1-8H2. The van der Waals surface area contributed by atoms with Gasteiger partial charge >= 0.3 is 0 Å². The van der Waals surface area contributed by atoms with Crippen LogP contribution in [0.3, 0.4) is 0 Å². The summed E-state index contributed by atoms with van der Waals surface area (Å²) in [4.78, 5) is 0. The maximum absolute atomic E-state index is 5.75. The van der Waals surface area contributed by atoms with E-state index in [1.54, 1.807) is 11.1 Å². The molecule has 0 nitrogen and oxygen atoms in total. The molecule has 2 saturated carbocycles. The molecule has 0 aromatic heterocycles. The fraction of sp³-hybridized carbons (Fsp3) is 0.429. The van der Waals surface area contributed by atoms with Crippen LogP contribution < -0.4 is 0 Å². The Kier molecular flexibility index (Phi) is 7.74. The average Bonchev–Trinajstić information content (AvgIpc) is 2.81. The van der Waals surface area contributed by atoms with Crippen molar-refractivity contribution in [1.82, 2.24) is 0 Å². The molecule has 0 unspecified atom stereocenters. The fourth-order valence-electron chi connectivity index (χ4n) is 5.39. The Morgan fingerprint density at radius 3 is 1.13 bits per heavy atom. The van der Waals surface area contributed by atoms with E-state index in [2.05, 4.69) is 60.7 Å². The molecule has 0 amide bonds. The zero-order chi connectivity index (χ0) is 20.8. The molecule has 2 heteroatoms. The Balaban J connectivity index is 1.36. The van der Waals surface area contributed by atoms with Crippen LogP contribution in [0.2, 0.25) is 0 Å². The van der Waals surface area contributed by atoms with E-state index in [-0.39, 0.29) is 0 Å². The van der Waals surface area contributed by atoms with E-state index in [0.29, 0.717) is 23.7 Å². The third kappa shape index (κ3) is 5.40. The van der Waals surface area contributed by atoms with Gasteiger partial charge in [0.2, 0.25) is 0 Å². The van der Waals surface area contributed by atoms with Crippen LogP contribution in [0, 0.1) is 11.8 Å². The molecule has 0 spiro atoms. The normalized spacial score (nSPS) is 27.7. The van der Waals surface area contributed by atoms with E-state index in [1.165, 1.54) is 73.6 Å². The van der Waals surface area contributed by atoms with Gasteiger partial charge in [-0.2, -0.15) is 0 Å². The van der Waals surface area contributed by atoms with Gasteiger partial charge in [-0.25, -0.2) is 0 Å². The summed E-state index contributed by atoms with van der Waals surface area (Å²) < 4.78 is 0. The van der Waals surface area contributed by atoms with Crippen LogP contribution in [0.25, 0.3) is 11.1 Å². The van der Waals surface area contributed by atoms with Crippen LogP contribution in [-0.2, 0) is 0 Å². The van der Waals surface area contributed by atoms with Crippen LogP contribution in [0.1, 0.15) is 74.3 Å². The van der Waals surface area contributed by atoms with Crippen molar-refractivity contribution in [2.45, 2.75) is 63.2 Å². The van der Waals surface area contributed by atoms with Crippen LogP contribution in [0.4, 0.5) is 0 Å². The van der Waals surface area contributed by atoms with Gasteiger partial charge < -0.3 is 0 Å². The Labute approximate surface area is 192 Å². The lowest BCUT2D eigenvalue weighted by Gasteiger charge is -2.27. The average molecular weight is 439 g/mol. The predicted molar refractivity (Wildman–Crippen MR) is 131 cm³/mol. The van der Waals surface area contributed by atoms with Gasteiger partial charge in [-0.15, -0.1) is 0 Å². The van der Waals surface area contributed by atoms with Crippen LogP contribution in [-0.4, -0.2) is 0 Å². The summed E-state index contributed by atoms with van der Waals surface area (Å²) in [6.07, 6.45) is 14.4. The number of allylic oxidation sites excluding steroid dienone is 2. The molecule has 4 rings (SSSR count). The summed E-state index contributed by atoms with van der Waals surface area (Å²) in [5.74, 6) is 2.74. The van der Waals surface area contributed by atoms with Crippen molar-refractivity contribution in [1.29, 1.82) is 0 Å². The molecule has 2 aliphatic carbocycles. The molecule has 0 bridgehead atoms. The smallest absolute Gasteiger partial charge is 0.000525 e. The molecule has 2 aromatic carbocycles. The lowest BCUT2D eigenvalue weighted by atomic mass is 9.78. The van der Waals surface area contributed by atoms with Crippen molar-refractivity contribution in [2.24, 2.45) is 11.8 Å². The molecule has 158 valence electrons. The van der Waals surface area contributed by atoms with Crippen LogP contribution in [0.5, 0.6) is 0 Å². The van der Waals surface area contributed by atoms with E-state index in [1.807, 2.05) is 0 Å². The van der Waals surface area contributed by atoms with Gasteiger partial charge in [0.05, 0.1) is 0 Å².